The number of benzene rings is 2. The van der Waals surface area contributed by atoms with E-state index in [-0.39, 0.29) is 23.0 Å². The maximum Gasteiger partial charge on any atom is 0.221 e. The van der Waals surface area contributed by atoms with Crippen LogP contribution < -0.4 is 5.32 Å². The number of carbonyl (C=O) groups excluding carboxylic acids is 2. The van der Waals surface area contributed by atoms with Crippen LogP contribution in [0, 0.1) is 5.82 Å². The van der Waals surface area contributed by atoms with Crippen molar-refractivity contribution in [2.24, 2.45) is 0 Å². The van der Waals surface area contributed by atoms with Gasteiger partial charge in [0.25, 0.3) is 0 Å². The summed E-state index contributed by atoms with van der Waals surface area (Å²) in [6.07, 6.45) is 3.39. The van der Waals surface area contributed by atoms with Gasteiger partial charge < -0.3 is 5.32 Å². The minimum Gasteiger partial charge on any atom is -0.326 e. The van der Waals surface area contributed by atoms with Gasteiger partial charge in [0, 0.05) is 30.6 Å². The predicted molar refractivity (Wildman–Crippen MR) is 125 cm³/mol. The van der Waals surface area contributed by atoms with Crippen molar-refractivity contribution in [1.82, 2.24) is 19.7 Å². The summed E-state index contributed by atoms with van der Waals surface area (Å²) >= 11 is 1.19. The zero-order valence-corrected chi connectivity index (χ0v) is 18.6. The van der Waals surface area contributed by atoms with E-state index in [0.29, 0.717) is 23.2 Å². The Labute approximate surface area is 194 Å². The number of ketones is 1. The molecule has 0 bridgehead atoms. The topological polar surface area (TPSA) is 89.8 Å². The Balaban J connectivity index is 1.56. The highest BCUT2D eigenvalue weighted by Gasteiger charge is 2.18. The molecule has 0 spiro atoms. The molecule has 0 unspecified atom stereocenters. The van der Waals surface area contributed by atoms with Gasteiger partial charge in [-0.1, -0.05) is 42.1 Å². The second-order valence-corrected chi connectivity index (χ2v) is 8.15. The zero-order valence-electron chi connectivity index (χ0n) is 17.7. The number of pyridine rings is 1. The van der Waals surface area contributed by atoms with E-state index in [2.05, 4.69) is 20.5 Å². The number of nitrogens with one attached hydrogen (secondary N) is 1. The molecule has 2 aromatic heterocycles. The third kappa shape index (κ3) is 5.50. The molecule has 166 valence electrons. The van der Waals surface area contributed by atoms with Crippen LogP contribution in [0.4, 0.5) is 10.1 Å². The number of aromatic nitrogens is 4. The molecule has 4 rings (SSSR count). The first-order valence-corrected chi connectivity index (χ1v) is 11.1. The number of halogens is 1. The highest BCUT2D eigenvalue weighted by molar-refractivity contribution is 7.99. The number of anilines is 1. The normalized spacial score (nSPS) is 10.7. The molecule has 7 nitrogen and oxygen atoms in total. The molecule has 1 N–H and O–H groups in total. The molecule has 33 heavy (non-hydrogen) atoms. The van der Waals surface area contributed by atoms with Crippen molar-refractivity contribution in [2.75, 3.05) is 11.1 Å². The molecule has 0 fully saturated rings. The molecular weight excluding hydrogens is 441 g/mol. The Morgan fingerprint density at radius 3 is 2.58 bits per heavy atom. The van der Waals surface area contributed by atoms with Gasteiger partial charge in [-0.15, -0.1) is 10.2 Å². The van der Waals surface area contributed by atoms with E-state index in [1.54, 1.807) is 12.4 Å². The van der Waals surface area contributed by atoms with Gasteiger partial charge in [-0.05, 0) is 35.9 Å². The smallest absolute Gasteiger partial charge is 0.221 e. The average Bonchev–Trinajstić information content (AvgIpc) is 3.20. The van der Waals surface area contributed by atoms with Crippen molar-refractivity contribution in [2.45, 2.75) is 18.6 Å². The van der Waals surface area contributed by atoms with E-state index in [1.165, 1.54) is 30.8 Å². The van der Waals surface area contributed by atoms with Gasteiger partial charge in [0.2, 0.25) is 5.91 Å². The van der Waals surface area contributed by atoms with Crippen LogP contribution >= 0.6 is 11.8 Å². The average molecular weight is 462 g/mol. The van der Waals surface area contributed by atoms with Crippen LogP contribution in [0.2, 0.25) is 0 Å². The number of amides is 1. The summed E-state index contributed by atoms with van der Waals surface area (Å²) in [6, 6.07) is 17.6. The number of rotatable bonds is 8. The molecule has 4 aromatic rings. The Bertz CT molecular complexity index is 1280. The van der Waals surface area contributed by atoms with Crippen molar-refractivity contribution in [3.05, 3.63) is 90.0 Å². The minimum absolute atomic E-state index is 0.0175. The zero-order chi connectivity index (χ0) is 23.2. The summed E-state index contributed by atoms with van der Waals surface area (Å²) < 4.78 is 16.4. The Kier molecular flexibility index (Phi) is 6.89. The van der Waals surface area contributed by atoms with E-state index in [1.807, 2.05) is 47.0 Å². The van der Waals surface area contributed by atoms with Crippen molar-refractivity contribution in [3.63, 3.8) is 0 Å². The van der Waals surface area contributed by atoms with Crippen molar-refractivity contribution in [3.8, 4) is 11.4 Å². The molecule has 0 aliphatic rings. The van der Waals surface area contributed by atoms with Crippen LogP contribution in [0.15, 0.2) is 78.2 Å². The van der Waals surface area contributed by atoms with Gasteiger partial charge in [0.05, 0.1) is 17.9 Å². The van der Waals surface area contributed by atoms with Crippen LogP contribution in [0.1, 0.15) is 22.8 Å². The van der Waals surface area contributed by atoms with Crippen molar-refractivity contribution >= 4 is 29.1 Å². The predicted octanol–water partition coefficient (Wildman–Crippen LogP) is 4.46. The molecule has 0 saturated heterocycles. The van der Waals surface area contributed by atoms with Gasteiger partial charge in [0.1, 0.15) is 5.82 Å². The molecule has 0 aliphatic carbocycles. The summed E-state index contributed by atoms with van der Waals surface area (Å²) in [5.74, 6) is -0.771. The van der Waals surface area contributed by atoms with Crippen LogP contribution in [0.3, 0.4) is 0 Å². The molecule has 1 amide bonds. The number of nitrogens with zero attached hydrogens (tertiary/aromatic N) is 4. The van der Waals surface area contributed by atoms with Crippen LogP contribution in [-0.4, -0.2) is 37.2 Å². The van der Waals surface area contributed by atoms with Crippen molar-refractivity contribution < 1.29 is 14.0 Å². The summed E-state index contributed by atoms with van der Waals surface area (Å²) in [7, 11) is 0. The molecule has 2 aromatic carbocycles. The fourth-order valence-corrected chi connectivity index (χ4v) is 4.06. The lowest BCUT2D eigenvalue weighted by molar-refractivity contribution is -0.114. The largest absolute Gasteiger partial charge is 0.326 e. The van der Waals surface area contributed by atoms with Gasteiger partial charge in [-0.25, -0.2) is 4.39 Å². The van der Waals surface area contributed by atoms with Gasteiger partial charge in [-0.2, -0.15) is 0 Å². The maximum atomic E-state index is 14.4. The monoisotopic (exact) mass is 461 g/mol. The quantitative estimate of drug-likeness (QED) is 0.308. The summed E-state index contributed by atoms with van der Waals surface area (Å²) in [5.41, 5.74) is 2.11. The van der Waals surface area contributed by atoms with E-state index in [0.717, 1.165) is 17.2 Å². The first-order valence-electron chi connectivity index (χ1n) is 10.1. The van der Waals surface area contributed by atoms with Crippen LogP contribution in [0.5, 0.6) is 0 Å². The highest BCUT2D eigenvalue weighted by Crippen LogP contribution is 2.26. The fraction of sp³-hybridized carbons (Fsp3) is 0.125. The van der Waals surface area contributed by atoms with Crippen molar-refractivity contribution in [1.29, 1.82) is 0 Å². The molecule has 0 saturated carbocycles. The molecule has 0 atom stereocenters. The molecular formula is C24H20FN5O2S. The first-order chi connectivity index (χ1) is 16.0. The third-order valence-electron chi connectivity index (χ3n) is 4.74. The molecule has 2 heterocycles. The summed E-state index contributed by atoms with van der Waals surface area (Å²) in [4.78, 5) is 28.0. The lowest BCUT2D eigenvalue weighted by atomic mass is 10.1. The number of carbonyl (C=O) groups is 2. The fourth-order valence-electron chi connectivity index (χ4n) is 3.24. The SMILES string of the molecule is CC(=O)Nc1ccc(C(=O)CSc2nnc(-c3cccnc3)n2Cc2ccccc2)c(F)c1. The standard InChI is InChI=1S/C24H20FN5O2S/c1-16(31)27-19-9-10-20(21(25)12-19)22(32)15-33-24-29-28-23(18-8-5-11-26-13-18)30(24)14-17-6-3-2-4-7-17/h2-13H,14-15H2,1H3,(H,27,31). The van der Waals surface area contributed by atoms with Gasteiger partial charge >= 0.3 is 0 Å². The molecule has 0 aliphatic heterocycles. The van der Waals surface area contributed by atoms with Gasteiger partial charge in [0.15, 0.2) is 16.8 Å². The van der Waals surface area contributed by atoms with Crippen LogP contribution in [0.25, 0.3) is 11.4 Å². The number of hydrogen-bond acceptors (Lipinski definition) is 6. The van der Waals surface area contributed by atoms with E-state index < -0.39 is 5.82 Å². The van der Waals surface area contributed by atoms with E-state index >= 15 is 0 Å². The lowest BCUT2D eigenvalue weighted by Gasteiger charge is -2.10. The maximum absolute atomic E-state index is 14.4. The third-order valence-corrected chi connectivity index (χ3v) is 5.71. The van der Waals surface area contributed by atoms with E-state index in [9.17, 15) is 14.0 Å². The number of hydrogen-bond donors (Lipinski definition) is 1. The van der Waals surface area contributed by atoms with Gasteiger partial charge in [-0.3, -0.25) is 19.1 Å². The van der Waals surface area contributed by atoms with Crippen LogP contribution in [-0.2, 0) is 11.3 Å². The second-order valence-electron chi connectivity index (χ2n) is 7.21. The molecule has 9 heteroatoms. The number of Topliss-reactive ketones (excluding diaryl/α,β-unsaturated/α-hetero) is 1. The highest BCUT2D eigenvalue weighted by atomic mass is 32.2. The summed E-state index contributed by atoms with van der Waals surface area (Å²) in [6.45, 7) is 1.84. The summed E-state index contributed by atoms with van der Waals surface area (Å²) in [5, 5.41) is 11.6. The Hall–Kier alpha value is -3.85. The Morgan fingerprint density at radius 1 is 1.06 bits per heavy atom. The second kappa shape index (κ2) is 10.2. The molecule has 0 radical (unpaired) electrons. The minimum atomic E-state index is -0.686. The first kappa shape index (κ1) is 22.3. The Morgan fingerprint density at radius 2 is 1.88 bits per heavy atom. The number of thioether (sulfide) groups is 1. The van der Waals surface area contributed by atoms with E-state index in [4.69, 9.17) is 0 Å². The lowest BCUT2D eigenvalue weighted by Crippen LogP contribution is -2.10.